The molecule has 6 nitrogen and oxygen atoms in total. The molecule has 0 radical (unpaired) electrons. The Morgan fingerprint density at radius 2 is 1.76 bits per heavy atom. The lowest BCUT2D eigenvalue weighted by Crippen LogP contribution is -2.18. The van der Waals surface area contributed by atoms with Gasteiger partial charge in [-0.2, -0.15) is 5.10 Å². The van der Waals surface area contributed by atoms with E-state index in [-0.39, 0.29) is 5.63 Å². The predicted octanol–water partition coefficient (Wildman–Crippen LogP) is 5.31. The monoisotopic (exact) mass is 467 g/mol. The fourth-order valence-corrected chi connectivity index (χ4v) is 4.55. The van der Waals surface area contributed by atoms with E-state index < -0.39 is 0 Å². The zero-order valence-electron chi connectivity index (χ0n) is 18.4. The number of aromatic nitrogens is 1. The number of rotatable bonds is 6. The Balaban J connectivity index is 1.62. The van der Waals surface area contributed by atoms with Gasteiger partial charge in [-0.15, -0.1) is 16.4 Å². The van der Waals surface area contributed by atoms with Crippen molar-refractivity contribution in [2.24, 2.45) is 10.2 Å². The van der Waals surface area contributed by atoms with E-state index in [1.807, 2.05) is 88.8 Å². The fraction of sp³-hybridized carbons (Fsp3) is 0.0741. The van der Waals surface area contributed by atoms with Crippen molar-refractivity contribution in [1.82, 2.24) is 4.57 Å². The van der Waals surface area contributed by atoms with E-state index in [1.54, 1.807) is 19.4 Å². The molecule has 0 aliphatic carbocycles. The van der Waals surface area contributed by atoms with Gasteiger partial charge in [-0.25, -0.2) is 4.79 Å². The van der Waals surface area contributed by atoms with Crippen LogP contribution in [0.3, 0.4) is 0 Å². The standard InChI is InChI=1S/C27H21N3O3S/c1-32-24-13-7-6-12-21(24)16-28-29-27-30(17-19-9-3-2-4-10-19)23(18-34-27)22-15-20-11-5-8-14-25(20)33-26(22)31/h2-16,18H,17H2,1H3/b28-16+,29-27-. The maximum absolute atomic E-state index is 12.9. The number of hydrogen-bond donors (Lipinski definition) is 0. The van der Waals surface area contributed by atoms with Crippen molar-refractivity contribution >= 4 is 28.5 Å². The molecule has 3 aromatic carbocycles. The number of para-hydroxylation sites is 2. The van der Waals surface area contributed by atoms with E-state index in [1.165, 1.54) is 11.3 Å². The fourth-order valence-electron chi connectivity index (χ4n) is 3.70. The average molecular weight is 468 g/mol. The summed E-state index contributed by atoms with van der Waals surface area (Å²) in [6, 6.07) is 27.0. The maximum Gasteiger partial charge on any atom is 0.345 e. The number of benzene rings is 3. The molecule has 0 saturated heterocycles. The van der Waals surface area contributed by atoms with Crippen LogP contribution in [0.5, 0.6) is 5.75 Å². The summed E-state index contributed by atoms with van der Waals surface area (Å²) in [6.07, 6.45) is 1.66. The summed E-state index contributed by atoms with van der Waals surface area (Å²) in [4.78, 5) is 13.5. The van der Waals surface area contributed by atoms with E-state index in [0.29, 0.717) is 22.5 Å². The highest BCUT2D eigenvalue weighted by Gasteiger charge is 2.14. The Kier molecular flexibility index (Phi) is 6.18. The number of nitrogens with zero attached hydrogens (tertiary/aromatic N) is 3. The number of ether oxygens (including phenoxy) is 1. The van der Waals surface area contributed by atoms with Crippen LogP contribution in [-0.4, -0.2) is 17.9 Å². The first-order valence-electron chi connectivity index (χ1n) is 10.7. The molecule has 2 aromatic heterocycles. The van der Waals surface area contributed by atoms with Crippen LogP contribution in [-0.2, 0) is 6.54 Å². The van der Waals surface area contributed by atoms with E-state index >= 15 is 0 Å². The van der Waals surface area contributed by atoms with Crippen LogP contribution in [0.2, 0.25) is 0 Å². The smallest absolute Gasteiger partial charge is 0.345 e. The van der Waals surface area contributed by atoms with Crippen LogP contribution in [0.15, 0.2) is 110 Å². The minimum Gasteiger partial charge on any atom is -0.496 e. The van der Waals surface area contributed by atoms with Gasteiger partial charge in [0.2, 0.25) is 4.80 Å². The van der Waals surface area contributed by atoms with Gasteiger partial charge in [-0.05, 0) is 29.8 Å². The summed E-state index contributed by atoms with van der Waals surface area (Å²) in [5.74, 6) is 0.722. The van der Waals surface area contributed by atoms with E-state index in [2.05, 4.69) is 10.2 Å². The molecule has 0 fully saturated rings. The summed E-state index contributed by atoms with van der Waals surface area (Å²) in [6.45, 7) is 0.537. The third-order valence-corrected chi connectivity index (χ3v) is 6.23. The molecule has 5 rings (SSSR count). The van der Waals surface area contributed by atoms with Crippen LogP contribution < -0.4 is 15.2 Å². The van der Waals surface area contributed by atoms with Gasteiger partial charge in [0.15, 0.2) is 0 Å². The highest BCUT2D eigenvalue weighted by molar-refractivity contribution is 7.07. The Hall–Kier alpha value is -4.23. The molecule has 0 amide bonds. The van der Waals surface area contributed by atoms with Crippen LogP contribution >= 0.6 is 11.3 Å². The van der Waals surface area contributed by atoms with Crippen molar-refractivity contribution < 1.29 is 9.15 Å². The van der Waals surface area contributed by atoms with Crippen molar-refractivity contribution in [3.63, 3.8) is 0 Å². The molecule has 2 heterocycles. The quantitative estimate of drug-likeness (QED) is 0.193. The predicted molar refractivity (Wildman–Crippen MR) is 135 cm³/mol. The molecule has 0 spiro atoms. The third kappa shape index (κ3) is 4.46. The highest BCUT2D eigenvalue weighted by atomic mass is 32.1. The lowest BCUT2D eigenvalue weighted by molar-refractivity contribution is 0.414. The molecule has 7 heteroatoms. The molecule has 0 N–H and O–H groups in total. The number of fused-ring (bicyclic) bond motifs is 1. The van der Waals surface area contributed by atoms with Gasteiger partial charge >= 0.3 is 5.63 Å². The zero-order valence-corrected chi connectivity index (χ0v) is 19.2. The molecule has 0 aliphatic heterocycles. The van der Waals surface area contributed by atoms with E-state index in [9.17, 15) is 4.79 Å². The number of methoxy groups -OCH3 is 1. The molecule has 168 valence electrons. The second-order valence-electron chi connectivity index (χ2n) is 7.55. The minimum absolute atomic E-state index is 0.387. The van der Waals surface area contributed by atoms with Crippen molar-refractivity contribution in [2.45, 2.75) is 6.54 Å². The largest absolute Gasteiger partial charge is 0.496 e. The molecule has 0 aliphatic rings. The van der Waals surface area contributed by atoms with Crippen LogP contribution in [0, 0.1) is 0 Å². The van der Waals surface area contributed by atoms with Crippen LogP contribution in [0.4, 0.5) is 0 Å². The van der Waals surface area contributed by atoms with Gasteiger partial charge in [0, 0.05) is 16.3 Å². The van der Waals surface area contributed by atoms with E-state index in [0.717, 1.165) is 28.0 Å². The molecule has 5 aromatic rings. The summed E-state index contributed by atoms with van der Waals surface area (Å²) in [5.41, 5.74) is 3.31. The topological polar surface area (TPSA) is 69.1 Å². The van der Waals surface area contributed by atoms with Crippen molar-refractivity contribution in [3.05, 3.63) is 117 Å². The summed E-state index contributed by atoms with van der Waals surface area (Å²) in [7, 11) is 1.62. The minimum atomic E-state index is -0.387. The Morgan fingerprint density at radius 1 is 1.00 bits per heavy atom. The first-order chi connectivity index (χ1) is 16.7. The molecule has 0 saturated carbocycles. The molecule has 0 bridgehead atoms. The van der Waals surface area contributed by atoms with Gasteiger partial charge < -0.3 is 13.7 Å². The lowest BCUT2D eigenvalue weighted by atomic mass is 10.1. The SMILES string of the molecule is COc1ccccc1/C=N/N=c1\scc(-c2cc3ccccc3oc2=O)n1Cc1ccccc1. The number of hydrogen-bond acceptors (Lipinski definition) is 6. The van der Waals surface area contributed by atoms with E-state index in [4.69, 9.17) is 9.15 Å². The first-order valence-corrected chi connectivity index (χ1v) is 11.6. The van der Waals surface area contributed by atoms with Gasteiger partial charge in [-0.1, -0.05) is 60.7 Å². The molecular weight excluding hydrogens is 446 g/mol. The normalized spacial score (nSPS) is 12.0. The van der Waals surface area contributed by atoms with Gasteiger partial charge in [-0.3, -0.25) is 0 Å². The first kappa shape index (κ1) is 21.6. The summed E-state index contributed by atoms with van der Waals surface area (Å²) < 4.78 is 13.0. The average Bonchev–Trinajstić information content (AvgIpc) is 3.26. The molecule has 34 heavy (non-hydrogen) atoms. The Morgan fingerprint density at radius 3 is 2.62 bits per heavy atom. The Labute approximate surface area is 199 Å². The maximum atomic E-state index is 12.9. The van der Waals surface area contributed by atoms with Gasteiger partial charge in [0.05, 0.1) is 31.1 Å². The summed E-state index contributed by atoms with van der Waals surface area (Å²) >= 11 is 1.42. The second kappa shape index (κ2) is 9.72. The summed E-state index contributed by atoms with van der Waals surface area (Å²) in [5, 5.41) is 11.6. The second-order valence-corrected chi connectivity index (χ2v) is 8.38. The lowest BCUT2D eigenvalue weighted by Gasteiger charge is -2.09. The van der Waals surface area contributed by atoms with Crippen molar-refractivity contribution in [3.8, 4) is 17.0 Å². The molecular formula is C27H21N3O3S. The highest BCUT2D eigenvalue weighted by Crippen LogP contribution is 2.22. The van der Waals surface area contributed by atoms with Crippen molar-refractivity contribution in [1.29, 1.82) is 0 Å². The zero-order chi connectivity index (χ0) is 23.3. The van der Waals surface area contributed by atoms with Gasteiger partial charge in [0.25, 0.3) is 0 Å². The molecule has 0 unspecified atom stereocenters. The van der Waals surface area contributed by atoms with Crippen LogP contribution in [0.1, 0.15) is 11.1 Å². The molecule has 0 atom stereocenters. The van der Waals surface area contributed by atoms with Crippen molar-refractivity contribution in [2.75, 3.05) is 7.11 Å². The number of thiazole rings is 1. The Bertz CT molecular complexity index is 1600. The van der Waals surface area contributed by atoms with Crippen LogP contribution in [0.25, 0.3) is 22.2 Å². The third-order valence-electron chi connectivity index (χ3n) is 5.38. The van der Waals surface area contributed by atoms with Gasteiger partial charge in [0.1, 0.15) is 11.3 Å².